The first-order chi connectivity index (χ1) is 13.1. The maximum atomic E-state index is 12.9. The van der Waals surface area contributed by atoms with E-state index in [-0.39, 0.29) is 12.0 Å². The fraction of sp³-hybridized carbons (Fsp3) is 0.667. The van der Waals surface area contributed by atoms with E-state index in [1.165, 1.54) is 25.7 Å². The van der Waals surface area contributed by atoms with Crippen LogP contribution in [0.15, 0.2) is 18.2 Å². The molecule has 2 aliphatic rings. The Morgan fingerprint density at radius 1 is 1.15 bits per heavy atom. The first-order valence-electron chi connectivity index (χ1n) is 10.0. The van der Waals surface area contributed by atoms with Gasteiger partial charge in [-0.1, -0.05) is 25.7 Å². The van der Waals surface area contributed by atoms with Gasteiger partial charge in [-0.25, -0.2) is 0 Å². The molecular formula is C21H32N2O4. The average molecular weight is 376 g/mol. The molecule has 2 fully saturated rings. The Labute approximate surface area is 162 Å². The van der Waals surface area contributed by atoms with Gasteiger partial charge in [-0.2, -0.15) is 0 Å². The number of carbonyl (C=O) groups excluding carboxylic acids is 1. The number of hydrogen-bond acceptors (Lipinski definition) is 5. The molecule has 6 heteroatoms. The molecular weight excluding hydrogens is 344 g/mol. The van der Waals surface area contributed by atoms with E-state index >= 15 is 0 Å². The minimum atomic E-state index is -0.253. The summed E-state index contributed by atoms with van der Waals surface area (Å²) in [7, 11) is 3.16. The lowest BCUT2D eigenvalue weighted by molar-refractivity contribution is 0.0480. The van der Waals surface area contributed by atoms with Crippen LogP contribution in [0.25, 0.3) is 0 Å². The Morgan fingerprint density at radius 3 is 2.48 bits per heavy atom. The second kappa shape index (κ2) is 9.42. The van der Waals surface area contributed by atoms with Gasteiger partial charge in [0.1, 0.15) is 11.5 Å². The van der Waals surface area contributed by atoms with Crippen LogP contribution in [0.2, 0.25) is 0 Å². The number of aliphatic hydroxyl groups excluding tert-OH is 1. The van der Waals surface area contributed by atoms with Crippen molar-refractivity contribution in [2.75, 3.05) is 46.9 Å². The lowest BCUT2D eigenvalue weighted by atomic mass is 9.99. The molecule has 27 heavy (non-hydrogen) atoms. The first kappa shape index (κ1) is 20.0. The fourth-order valence-electron chi connectivity index (χ4n) is 4.28. The number of ether oxygens (including phenoxy) is 2. The van der Waals surface area contributed by atoms with Crippen LogP contribution in [-0.2, 0) is 0 Å². The molecule has 1 aromatic rings. The van der Waals surface area contributed by atoms with Crippen molar-refractivity contribution in [1.82, 2.24) is 9.80 Å². The Morgan fingerprint density at radius 2 is 1.85 bits per heavy atom. The average Bonchev–Trinajstić information content (AvgIpc) is 3.20. The normalized spacial score (nSPS) is 19.9. The molecule has 1 saturated heterocycles. The van der Waals surface area contributed by atoms with Crippen molar-refractivity contribution in [3.8, 4) is 11.5 Å². The first-order valence-corrected chi connectivity index (χ1v) is 10.0. The summed E-state index contributed by atoms with van der Waals surface area (Å²) in [6, 6.07) is 5.28. The zero-order valence-electron chi connectivity index (χ0n) is 16.5. The molecule has 1 aromatic carbocycles. The highest BCUT2D eigenvalue weighted by atomic mass is 16.5. The highest BCUT2D eigenvalue weighted by Gasteiger charge is 2.26. The number of aliphatic hydroxyl groups is 1. The van der Waals surface area contributed by atoms with Gasteiger partial charge in [-0.05, 0) is 24.5 Å². The second-order valence-electron chi connectivity index (χ2n) is 7.70. The van der Waals surface area contributed by atoms with Crippen LogP contribution in [0.5, 0.6) is 11.5 Å². The number of carbonyl (C=O) groups is 1. The number of methoxy groups -OCH3 is 2. The molecule has 1 aliphatic carbocycles. The number of hydrogen-bond donors (Lipinski definition) is 1. The number of rotatable bonds is 7. The van der Waals surface area contributed by atoms with Gasteiger partial charge in [-0.15, -0.1) is 0 Å². The van der Waals surface area contributed by atoms with Crippen molar-refractivity contribution in [3.05, 3.63) is 23.8 Å². The summed E-state index contributed by atoms with van der Waals surface area (Å²) in [5.74, 6) is 1.89. The third-order valence-electron chi connectivity index (χ3n) is 5.85. The van der Waals surface area contributed by atoms with Crippen LogP contribution in [0.4, 0.5) is 0 Å². The third kappa shape index (κ3) is 5.14. The van der Waals surface area contributed by atoms with E-state index in [1.54, 1.807) is 32.4 Å². The third-order valence-corrected chi connectivity index (χ3v) is 5.85. The summed E-state index contributed by atoms with van der Waals surface area (Å²) in [5.41, 5.74) is 0.563. The van der Waals surface area contributed by atoms with E-state index in [1.807, 2.05) is 4.90 Å². The summed E-state index contributed by atoms with van der Waals surface area (Å²) in [6.07, 6.45) is 5.82. The van der Waals surface area contributed by atoms with Gasteiger partial charge < -0.3 is 19.5 Å². The van der Waals surface area contributed by atoms with E-state index in [2.05, 4.69) is 4.90 Å². The molecule has 1 aliphatic heterocycles. The highest BCUT2D eigenvalue weighted by Crippen LogP contribution is 2.29. The zero-order valence-corrected chi connectivity index (χ0v) is 16.5. The van der Waals surface area contributed by atoms with Gasteiger partial charge in [0.2, 0.25) is 0 Å². The molecule has 1 heterocycles. The maximum absolute atomic E-state index is 12.9. The number of piperazine rings is 1. The summed E-state index contributed by atoms with van der Waals surface area (Å²) in [5, 5.41) is 10.4. The van der Waals surface area contributed by atoms with Gasteiger partial charge >= 0.3 is 0 Å². The van der Waals surface area contributed by atoms with Gasteiger partial charge in [-0.3, -0.25) is 9.69 Å². The Kier molecular flexibility index (Phi) is 6.96. The molecule has 1 saturated carbocycles. The maximum Gasteiger partial charge on any atom is 0.257 e. The van der Waals surface area contributed by atoms with Crippen molar-refractivity contribution in [2.45, 2.75) is 38.2 Å². The number of β-amino-alcohol motifs (C(OH)–C–C–N with tert-alkyl or cyclic N) is 1. The molecule has 1 amide bonds. The summed E-state index contributed by atoms with van der Waals surface area (Å²) in [6.45, 7) is 3.65. The Bertz CT molecular complexity index is 623. The quantitative estimate of drug-likeness (QED) is 0.792. The van der Waals surface area contributed by atoms with Gasteiger partial charge in [0.25, 0.3) is 5.91 Å². The number of benzene rings is 1. The Hall–Kier alpha value is -1.79. The van der Waals surface area contributed by atoms with Crippen molar-refractivity contribution in [3.63, 3.8) is 0 Å². The molecule has 0 aromatic heterocycles. The lowest BCUT2D eigenvalue weighted by Crippen LogP contribution is -2.50. The van der Waals surface area contributed by atoms with Crippen molar-refractivity contribution >= 4 is 5.91 Å². The minimum Gasteiger partial charge on any atom is -0.497 e. The largest absolute Gasteiger partial charge is 0.497 e. The molecule has 0 spiro atoms. The molecule has 3 rings (SSSR count). The molecule has 6 nitrogen and oxygen atoms in total. The van der Waals surface area contributed by atoms with Crippen LogP contribution in [0.1, 0.15) is 42.5 Å². The van der Waals surface area contributed by atoms with Crippen LogP contribution in [0.3, 0.4) is 0 Å². The van der Waals surface area contributed by atoms with Crippen LogP contribution in [0, 0.1) is 5.92 Å². The summed E-state index contributed by atoms with van der Waals surface area (Å²) >= 11 is 0. The van der Waals surface area contributed by atoms with E-state index in [4.69, 9.17) is 9.47 Å². The molecule has 150 valence electrons. The van der Waals surface area contributed by atoms with Crippen LogP contribution in [-0.4, -0.2) is 73.9 Å². The van der Waals surface area contributed by atoms with Crippen LogP contribution >= 0.6 is 0 Å². The zero-order chi connectivity index (χ0) is 19.2. The predicted octanol–water partition coefficient (Wildman–Crippen LogP) is 2.40. The standard InChI is InChI=1S/C21H32N2O4/c1-26-18-7-8-19(20(14-18)27-2)21(25)23-11-9-22(10-12-23)15-17(24)13-16-5-3-4-6-16/h7-8,14,16-17,24H,3-6,9-13,15H2,1-2H3/t17-/m0/s1. The molecule has 1 N–H and O–H groups in total. The SMILES string of the molecule is COc1ccc(C(=O)N2CCN(C[C@@H](O)CC3CCCC3)CC2)c(OC)c1. The highest BCUT2D eigenvalue weighted by molar-refractivity contribution is 5.97. The second-order valence-corrected chi connectivity index (χ2v) is 7.70. The monoisotopic (exact) mass is 376 g/mol. The number of nitrogens with zero attached hydrogens (tertiary/aromatic N) is 2. The summed E-state index contributed by atoms with van der Waals surface area (Å²) < 4.78 is 10.6. The van der Waals surface area contributed by atoms with Crippen molar-refractivity contribution in [1.29, 1.82) is 0 Å². The van der Waals surface area contributed by atoms with Gasteiger partial charge in [0, 0.05) is 38.8 Å². The van der Waals surface area contributed by atoms with Crippen molar-refractivity contribution in [2.24, 2.45) is 5.92 Å². The van der Waals surface area contributed by atoms with Crippen LogP contribution < -0.4 is 9.47 Å². The molecule has 1 atom stereocenters. The minimum absolute atomic E-state index is 0.0133. The fourth-order valence-corrected chi connectivity index (χ4v) is 4.28. The predicted molar refractivity (Wildman–Crippen MR) is 104 cm³/mol. The van der Waals surface area contributed by atoms with Gasteiger partial charge in [0.15, 0.2) is 0 Å². The summed E-state index contributed by atoms with van der Waals surface area (Å²) in [4.78, 5) is 17.0. The molecule has 0 unspecified atom stereocenters. The van der Waals surface area contributed by atoms with E-state index in [0.29, 0.717) is 42.6 Å². The van der Waals surface area contributed by atoms with Gasteiger partial charge in [0.05, 0.1) is 25.9 Å². The Balaban J connectivity index is 1.50. The van der Waals surface area contributed by atoms with E-state index < -0.39 is 0 Å². The number of amides is 1. The topological polar surface area (TPSA) is 62.2 Å². The lowest BCUT2D eigenvalue weighted by Gasteiger charge is -2.36. The van der Waals surface area contributed by atoms with Crippen molar-refractivity contribution < 1.29 is 19.4 Å². The van der Waals surface area contributed by atoms with E-state index in [0.717, 1.165) is 19.5 Å². The molecule has 0 bridgehead atoms. The van der Waals surface area contributed by atoms with E-state index in [9.17, 15) is 9.90 Å². The molecule has 0 radical (unpaired) electrons. The smallest absolute Gasteiger partial charge is 0.257 e.